The molecule has 3 heterocycles. The molecule has 2 aliphatic rings. The van der Waals surface area contributed by atoms with Crippen LogP contribution in [-0.4, -0.2) is 59.8 Å². The molecule has 1 aromatic heterocycles. The second kappa shape index (κ2) is 9.48. The number of aromatic nitrogens is 1. The van der Waals surface area contributed by atoms with E-state index < -0.39 is 6.10 Å². The number of carbonyl (C=O) groups excluding carboxylic acids is 1. The second-order valence-electron chi connectivity index (χ2n) is 8.09. The van der Waals surface area contributed by atoms with Gasteiger partial charge in [0.15, 0.2) is 0 Å². The van der Waals surface area contributed by atoms with Crippen molar-refractivity contribution in [2.24, 2.45) is 5.92 Å². The minimum Gasteiger partial charge on any atom is -0.390 e. The van der Waals surface area contributed by atoms with Crippen LogP contribution in [0, 0.1) is 5.92 Å². The number of hydrogen-bond acceptors (Lipinski definition) is 5. The molecule has 6 nitrogen and oxygen atoms in total. The molecule has 0 spiro atoms. The molecule has 2 aromatic rings. The molecule has 6 heteroatoms. The summed E-state index contributed by atoms with van der Waals surface area (Å²) in [6.45, 7) is 4.15. The number of hydrogen-bond donors (Lipinski definition) is 2. The van der Waals surface area contributed by atoms with Gasteiger partial charge in [-0.1, -0.05) is 24.3 Å². The molecule has 0 saturated carbocycles. The molecule has 0 radical (unpaired) electrons. The predicted molar refractivity (Wildman–Crippen MR) is 111 cm³/mol. The van der Waals surface area contributed by atoms with Gasteiger partial charge in [0.1, 0.15) is 0 Å². The van der Waals surface area contributed by atoms with Gasteiger partial charge in [-0.15, -0.1) is 0 Å². The lowest BCUT2D eigenvalue weighted by Crippen LogP contribution is -2.42. The molecule has 1 fully saturated rings. The Bertz CT molecular complexity index is 836. The minimum atomic E-state index is -0.596. The molecule has 1 unspecified atom stereocenters. The summed E-state index contributed by atoms with van der Waals surface area (Å²) in [7, 11) is 0. The number of ether oxygens (including phenoxy) is 1. The van der Waals surface area contributed by atoms with E-state index in [4.69, 9.17) is 4.74 Å². The van der Waals surface area contributed by atoms with E-state index in [0.717, 1.165) is 51.3 Å². The maximum atomic E-state index is 12.5. The van der Waals surface area contributed by atoms with Crippen molar-refractivity contribution in [1.29, 1.82) is 0 Å². The Morgan fingerprint density at radius 2 is 2.17 bits per heavy atom. The highest BCUT2D eigenvalue weighted by atomic mass is 16.5. The van der Waals surface area contributed by atoms with E-state index >= 15 is 0 Å². The average molecular weight is 396 g/mol. The molecule has 1 saturated heterocycles. The number of nitrogens with one attached hydrogen (secondary N) is 1. The topological polar surface area (TPSA) is 74.7 Å². The molecular weight excluding hydrogens is 366 g/mol. The number of aliphatic hydroxyl groups excluding tert-OH is 1. The zero-order valence-corrected chi connectivity index (χ0v) is 16.7. The number of amides is 1. The van der Waals surface area contributed by atoms with Gasteiger partial charge in [0.05, 0.1) is 6.10 Å². The molecule has 1 aromatic carbocycles. The molecule has 0 aliphatic carbocycles. The van der Waals surface area contributed by atoms with Crippen LogP contribution in [0.4, 0.5) is 0 Å². The molecule has 1 amide bonds. The van der Waals surface area contributed by atoms with Gasteiger partial charge in [0.25, 0.3) is 5.91 Å². The van der Waals surface area contributed by atoms with Gasteiger partial charge in [0.2, 0.25) is 0 Å². The summed E-state index contributed by atoms with van der Waals surface area (Å²) in [5, 5.41) is 13.3. The van der Waals surface area contributed by atoms with Gasteiger partial charge in [-0.25, -0.2) is 0 Å². The lowest BCUT2D eigenvalue weighted by atomic mass is 10.00. The van der Waals surface area contributed by atoms with Crippen LogP contribution in [0.2, 0.25) is 0 Å². The van der Waals surface area contributed by atoms with Gasteiger partial charge in [0, 0.05) is 56.8 Å². The van der Waals surface area contributed by atoms with Gasteiger partial charge in [-0.05, 0) is 48.4 Å². The van der Waals surface area contributed by atoms with E-state index in [0.29, 0.717) is 18.0 Å². The van der Waals surface area contributed by atoms with Crippen LogP contribution in [0.3, 0.4) is 0 Å². The maximum Gasteiger partial charge on any atom is 0.251 e. The highest BCUT2D eigenvalue weighted by molar-refractivity contribution is 5.94. The lowest BCUT2D eigenvalue weighted by molar-refractivity contribution is 0.0841. The molecular formula is C23H29N3O3. The van der Waals surface area contributed by atoms with E-state index in [-0.39, 0.29) is 12.5 Å². The Balaban J connectivity index is 1.25. The standard InChI is InChI=1S/C23H29N3O3/c27-22(15-26-9-6-18-3-1-2-4-20(18)14-26)13-25-23(28)19-5-8-24-21(12-19)11-17-7-10-29-16-17/h1-5,8,12,17,22,27H,6-7,9-11,13-16H2,(H,25,28)/t17?,22-/m0/s1. The minimum absolute atomic E-state index is 0.167. The summed E-state index contributed by atoms with van der Waals surface area (Å²) in [5.74, 6) is 0.316. The number of rotatable bonds is 7. The molecule has 2 aliphatic heterocycles. The van der Waals surface area contributed by atoms with Gasteiger partial charge in [-0.2, -0.15) is 0 Å². The van der Waals surface area contributed by atoms with Crippen molar-refractivity contribution in [3.63, 3.8) is 0 Å². The number of pyridine rings is 1. The number of benzene rings is 1. The SMILES string of the molecule is O=C(NC[C@H](O)CN1CCc2ccccc2C1)c1ccnc(CC2CCOC2)c1. The number of carbonyl (C=O) groups is 1. The number of aliphatic hydroxyl groups is 1. The molecule has 2 atom stereocenters. The maximum absolute atomic E-state index is 12.5. The molecule has 154 valence electrons. The summed E-state index contributed by atoms with van der Waals surface area (Å²) >= 11 is 0. The number of β-amino-alcohol motifs (C(OH)–C–C–N with tert-alkyl or cyclic N) is 1. The quantitative estimate of drug-likeness (QED) is 0.748. The third-order valence-electron chi connectivity index (χ3n) is 5.78. The van der Waals surface area contributed by atoms with Crippen LogP contribution in [0.15, 0.2) is 42.6 Å². The Morgan fingerprint density at radius 1 is 1.31 bits per heavy atom. The molecule has 2 N–H and O–H groups in total. The van der Waals surface area contributed by atoms with Crippen LogP contribution in [-0.2, 0) is 24.1 Å². The van der Waals surface area contributed by atoms with Crippen LogP contribution >= 0.6 is 0 Å². The monoisotopic (exact) mass is 395 g/mol. The zero-order valence-electron chi connectivity index (χ0n) is 16.7. The Labute approximate surface area is 171 Å². The lowest BCUT2D eigenvalue weighted by Gasteiger charge is -2.30. The van der Waals surface area contributed by atoms with Gasteiger partial charge < -0.3 is 15.2 Å². The molecule has 0 bridgehead atoms. The average Bonchev–Trinajstić information content (AvgIpc) is 3.25. The molecule has 29 heavy (non-hydrogen) atoms. The summed E-state index contributed by atoms with van der Waals surface area (Å²) in [6, 6.07) is 12.0. The first kappa shape index (κ1) is 20.0. The Kier molecular flexibility index (Phi) is 6.54. The third-order valence-corrected chi connectivity index (χ3v) is 5.78. The van der Waals surface area contributed by atoms with Crippen LogP contribution < -0.4 is 5.32 Å². The smallest absolute Gasteiger partial charge is 0.251 e. The van der Waals surface area contributed by atoms with Crippen molar-refractivity contribution in [3.8, 4) is 0 Å². The first-order valence-corrected chi connectivity index (χ1v) is 10.5. The van der Waals surface area contributed by atoms with Gasteiger partial charge >= 0.3 is 0 Å². The largest absolute Gasteiger partial charge is 0.390 e. The van der Waals surface area contributed by atoms with Crippen molar-refractivity contribution in [3.05, 3.63) is 65.0 Å². The van der Waals surface area contributed by atoms with Crippen molar-refractivity contribution >= 4 is 5.91 Å². The predicted octanol–water partition coefficient (Wildman–Crippen LogP) is 1.81. The first-order chi connectivity index (χ1) is 14.2. The Morgan fingerprint density at radius 3 is 3.00 bits per heavy atom. The van der Waals surface area contributed by atoms with E-state index in [2.05, 4.69) is 39.5 Å². The fourth-order valence-electron chi connectivity index (χ4n) is 4.16. The highest BCUT2D eigenvalue weighted by Gasteiger charge is 2.20. The van der Waals surface area contributed by atoms with Crippen LogP contribution in [0.25, 0.3) is 0 Å². The highest BCUT2D eigenvalue weighted by Crippen LogP contribution is 2.19. The van der Waals surface area contributed by atoms with E-state index in [1.165, 1.54) is 11.1 Å². The van der Waals surface area contributed by atoms with Crippen molar-refractivity contribution in [2.45, 2.75) is 31.9 Å². The van der Waals surface area contributed by atoms with Crippen molar-refractivity contribution in [1.82, 2.24) is 15.2 Å². The number of fused-ring (bicyclic) bond motifs is 1. The first-order valence-electron chi connectivity index (χ1n) is 10.5. The summed E-state index contributed by atoms with van der Waals surface area (Å²) in [6.07, 6.45) is 3.97. The van der Waals surface area contributed by atoms with E-state index in [9.17, 15) is 9.90 Å². The fraction of sp³-hybridized carbons (Fsp3) is 0.478. The van der Waals surface area contributed by atoms with Crippen LogP contribution in [0.1, 0.15) is 33.6 Å². The Hall–Kier alpha value is -2.28. The zero-order chi connectivity index (χ0) is 20.1. The third kappa shape index (κ3) is 5.41. The fourth-order valence-corrected chi connectivity index (χ4v) is 4.16. The van der Waals surface area contributed by atoms with E-state index in [1.807, 2.05) is 6.07 Å². The van der Waals surface area contributed by atoms with Crippen molar-refractivity contribution in [2.75, 3.05) is 32.8 Å². The normalized spacial score (nSPS) is 20.2. The summed E-state index contributed by atoms with van der Waals surface area (Å²) in [4.78, 5) is 19.1. The summed E-state index contributed by atoms with van der Waals surface area (Å²) < 4.78 is 5.41. The van der Waals surface area contributed by atoms with Crippen molar-refractivity contribution < 1.29 is 14.6 Å². The molecule has 4 rings (SSSR count). The summed E-state index contributed by atoms with van der Waals surface area (Å²) in [5.41, 5.74) is 4.23. The number of nitrogens with zero attached hydrogens (tertiary/aromatic N) is 2. The van der Waals surface area contributed by atoms with Crippen LogP contribution in [0.5, 0.6) is 0 Å². The van der Waals surface area contributed by atoms with Gasteiger partial charge in [-0.3, -0.25) is 14.7 Å². The second-order valence-corrected chi connectivity index (χ2v) is 8.09. The van der Waals surface area contributed by atoms with E-state index in [1.54, 1.807) is 12.3 Å².